The molecule has 1 aliphatic rings. The molecule has 15 heavy (non-hydrogen) atoms. The van der Waals surface area contributed by atoms with E-state index in [9.17, 15) is 15.0 Å². The van der Waals surface area contributed by atoms with E-state index in [0.717, 1.165) is 0 Å². The molecular formula is C11H18O4. The Morgan fingerprint density at radius 1 is 1.53 bits per heavy atom. The van der Waals surface area contributed by atoms with Crippen molar-refractivity contribution in [3.05, 3.63) is 12.2 Å². The fourth-order valence-corrected chi connectivity index (χ4v) is 2.32. The molecule has 4 heteroatoms. The average Bonchev–Trinajstić information content (AvgIpc) is 2.38. The lowest BCUT2D eigenvalue weighted by Crippen LogP contribution is -2.58. The predicted octanol–water partition coefficient (Wildman–Crippen LogP) is 0.628. The first kappa shape index (κ1) is 12.2. The van der Waals surface area contributed by atoms with Gasteiger partial charge in [0, 0.05) is 5.92 Å². The third-order valence-electron chi connectivity index (χ3n) is 3.34. The number of hydrogen-bond acceptors (Lipinski definition) is 4. The van der Waals surface area contributed by atoms with Crippen LogP contribution in [0.3, 0.4) is 0 Å². The molecule has 0 spiro atoms. The second-order valence-corrected chi connectivity index (χ2v) is 4.47. The molecule has 1 rings (SSSR count). The maximum Gasteiger partial charge on any atom is 0.341 e. The zero-order valence-electron chi connectivity index (χ0n) is 9.41. The fourth-order valence-electron chi connectivity index (χ4n) is 2.32. The quantitative estimate of drug-likeness (QED) is 0.522. The maximum atomic E-state index is 11.6. The van der Waals surface area contributed by atoms with Gasteiger partial charge in [-0.1, -0.05) is 12.2 Å². The summed E-state index contributed by atoms with van der Waals surface area (Å²) >= 11 is 0. The van der Waals surface area contributed by atoms with Gasteiger partial charge < -0.3 is 14.9 Å². The topological polar surface area (TPSA) is 66.8 Å². The Bertz CT molecular complexity index is 295. The summed E-state index contributed by atoms with van der Waals surface area (Å²) in [6, 6.07) is 0. The number of esters is 1. The maximum absolute atomic E-state index is 11.6. The van der Waals surface area contributed by atoms with E-state index in [1.165, 1.54) is 14.0 Å². The van der Waals surface area contributed by atoms with E-state index in [1.54, 1.807) is 6.92 Å². The first-order valence-corrected chi connectivity index (χ1v) is 4.96. The zero-order chi connectivity index (χ0) is 11.9. The van der Waals surface area contributed by atoms with Gasteiger partial charge in [0.1, 0.15) is 5.60 Å². The van der Waals surface area contributed by atoms with Gasteiger partial charge in [-0.3, -0.25) is 0 Å². The predicted molar refractivity (Wildman–Crippen MR) is 55.1 cm³/mol. The SMILES string of the molecule is C=C(C)C1CCC(C)(O)C1(O)C(=O)OC. The highest BCUT2D eigenvalue weighted by atomic mass is 16.5. The smallest absolute Gasteiger partial charge is 0.341 e. The first-order valence-electron chi connectivity index (χ1n) is 4.96. The van der Waals surface area contributed by atoms with Crippen LogP contribution in [0.15, 0.2) is 12.2 Å². The van der Waals surface area contributed by atoms with Crippen LogP contribution in [0.2, 0.25) is 0 Å². The van der Waals surface area contributed by atoms with Gasteiger partial charge in [0.15, 0.2) is 5.60 Å². The Labute approximate surface area is 89.6 Å². The molecule has 0 heterocycles. The minimum Gasteiger partial charge on any atom is -0.467 e. The number of carbonyl (C=O) groups is 1. The Morgan fingerprint density at radius 2 is 2.07 bits per heavy atom. The van der Waals surface area contributed by atoms with Crippen LogP contribution in [0.4, 0.5) is 0 Å². The molecule has 1 fully saturated rings. The van der Waals surface area contributed by atoms with Crippen molar-refractivity contribution in [2.45, 2.75) is 37.9 Å². The van der Waals surface area contributed by atoms with Crippen LogP contribution in [0, 0.1) is 5.92 Å². The largest absolute Gasteiger partial charge is 0.467 e. The molecule has 3 atom stereocenters. The summed E-state index contributed by atoms with van der Waals surface area (Å²) in [7, 11) is 1.20. The highest BCUT2D eigenvalue weighted by Crippen LogP contribution is 2.47. The number of carbonyl (C=O) groups excluding carboxylic acids is 1. The third kappa shape index (κ3) is 1.58. The number of hydrogen-bond donors (Lipinski definition) is 2. The summed E-state index contributed by atoms with van der Waals surface area (Å²) in [5.41, 5.74) is -2.64. The Balaban J connectivity index is 3.16. The van der Waals surface area contributed by atoms with E-state index in [2.05, 4.69) is 11.3 Å². The van der Waals surface area contributed by atoms with E-state index < -0.39 is 23.1 Å². The Kier molecular flexibility index (Phi) is 2.94. The summed E-state index contributed by atoms with van der Waals surface area (Å²) in [6.07, 6.45) is 0.893. The van der Waals surface area contributed by atoms with Crippen molar-refractivity contribution < 1.29 is 19.7 Å². The molecule has 0 radical (unpaired) electrons. The molecule has 1 saturated carbocycles. The van der Waals surface area contributed by atoms with Gasteiger partial charge in [-0.25, -0.2) is 4.79 Å². The monoisotopic (exact) mass is 214 g/mol. The summed E-state index contributed by atoms with van der Waals surface area (Å²) < 4.78 is 4.56. The number of aliphatic hydroxyl groups is 2. The third-order valence-corrected chi connectivity index (χ3v) is 3.34. The molecule has 0 aromatic heterocycles. The van der Waals surface area contributed by atoms with Crippen molar-refractivity contribution >= 4 is 5.97 Å². The minimum atomic E-state index is -1.87. The van der Waals surface area contributed by atoms with Gasteiger partial charge in [-0.2, -0.15) is 0 Å². The van der Waals surface area contributed by atoms with Gasteiger partial charge in [0.05, 0.1) is 7.11 Å². The van der Waals surface area contributed by atoms with Crippen LogP contribution in [0.5, 0.6) is 0 Å². The van der Waals surface area contributed by atoms with Crippen LogP contribution in [-0.4, -0.2) is 34.5 Å². The van der Waals surface area contributed by atoms with Crippen molar-refractivity contribution in [2.24, 2.45) is 5.92 Å². The van der Waals surface area contributed by atoms with Crippen molar-refractivity contribution in [2.75, 3.05) is 7.11 Å². The Morgan fingerprint density at radius 3 is 2.47 bits per heavy atom. The fraction of sp³-hybridized carbons (Fsp3) is 0.727. The molecule has 0 aliphatic heterocycles. The van der Waals surface area contributed by atoms with Crippen LogP contribution in [0.1, 0.15) is 26.7 Å². The second-order valence-electron chi connectivity index (χ2n) is 4.47. The molecule has 0 bridgehead atoms. The molecule has 0 aromatic rings. The lowest BCUT2D eigenvalue weighted by molar-refractivity contribution is -0.191. The van der Waals surface area contributed by atoms with Crippen molar-refractivity contribution in [3.8, 4) is 0 Å². The minimum absolute atomic E-state index is 0.357. The second kappa shape index (κ2) is 3.61. The Hall–Kier alpha value is -0.870. The summed E-state index contributed by atoms with van der Waals surface area (Å²) in [5, 5.41) is 20.4. The normalized spacial score (nSPS) is 40.2. The van der Waals surface area contributed by atoms with Crippen molar-refractivity contribution in [3.63, 3.8) is 0 Å². The molecule has 4 nitrogen and oxygen atoms in total. The van der Waals surface area contributed by atoms with E-state index >= 15 is 0 Å². The van der Waals surface area contributed by atoms with Crippen LogP contribution in [0.25, 0.3) is 0 Å². The van der Waals surface area contributed by atoms with Gasteiger partial charge in [0.25, 0.3) is 0 Å². The number of ether oxygens (including phenoxy) is 1. The molecule has 2 N–H and O–H groups in total. The van der Waals surface area contributed by atoms with E-state index in [0.29, 0.717) is 18.4 Å². The first-order chi connectivity index (χ1) is 6.77. The van der Waals surface area contributed by atoms with Gasteiger partial charge in [-0.15, -0.1) is 0 Å². The van der Waals surface area contributed by atoms with Crippen molar-refractivity contribution in [1.82, 2.24) is 0 Å². The van der Waals surface area contributed by atoms with Gasteiger partial charge >= 0.3 is 5.97 Å². The van der Waals surface area contributed by atoms with Crippen LogP contribution in [-0.2, 0) is 9.53 Å². The van der Waals surface area contributed by atoms with E-state index in [4.69, 9.17) is 0 Å². The molecule has 0 amide bonds. The standard InChI is InChI=1S/C11H18O4/c1-7(2)8-5-6-10(3,13)11(8,14)9(12)15-4/h8,13-14H,1,5-6H2,2-4H3. The summed E-state index contributed by atoms with van der Waals surface area (Å²) in [6.45, 7) is 6.92. The molecular weight excluding hydrogens is 196 g/mol. The number of rotatable bonds is 2. The van der Waals surface area contributed by atoms with Gasteiger partial charge in [0.2, 0.25) is 0 Å². The number of methoxy groups -OCH3 is 1. The molecule has 86 valence electrons. The average molecular weight is 214 g/mol. The van der Waals surface area contributed by atoms with Crippen LogP contribution < -0.4 is 0 Å². The van der Waals surface area contributed by atoms with E-state index in [-0.39, 0.29) is 0 Å². The van der Waals surface area contributed by atoms with Crippen molar-refractivity contribution in [1.29, 1.82) is 0 Å². The van der Waals surface area contributed by atoms with Crippen LogP contribution >= 0.6 is 0 Å². The zero-order valence-corrected chi connectivity index (χ0v) is 9.41. The molecule has 0 saturated heterocycles. The molecule has 0 aromatic carbocycles. The lowest BCUT2D eigenvalue weighted by atomic mass is 9.79. The highest BCUT2D eigenvalue weighted by Gasteiger charge is 2.62. The lowest BCUT2D eigenvalue weighted by Gasteiger charge is -2.36. The molecule has 3 unspecified atom stereocenters. The highest BCUT2D eigenvalue weighted by molar-refractivity contribution is 5.82. The van der Waals surface area contributed by atoms with Gasteiger partial charge in [-0.05, 0) is 26.7 Å². The molecule has 1 aliphatic carbocycles. The summed E-state index contributed by atoms with van der Waals surface area (Å²) in [4.78, 5) is 11.6. The summed E-state index contributed by atoms with van der Waals surface area (Å²) in [5.74, 6) is -1.24. The van der Waals surface area contributed by atoms with E-state index in [1.807, 2.05) is 0 Å².